The number of ether oxygens (including phenoxy) is 1. The fourth-order valence-corrected chi connectivity index (χ4v) is 2.43. The molecule has 110 valence electrons. The van der Waals surface area contributed by atoms with Gasteiger partial charge in [-0.15, -0.1) is 0 Å². The Labute approximate surface area is 133 Å². The van der Waals surface area contributed by atoms with Crippen LogP contribution >= 0.6 is 24.2 Å². The quantitative estimate of drug-likeness (QED) is 0.518. The van der Waals surface area contributed by atoms with Gasteiger partial charge >= 0.3 is 0 Å². The minimum absolute atomic E-state index is 0.198. The van der Waals surface area contributed by atoms with E-state index in [-0.39, 0.29) is 16.6 Å². The Morgan fingerprint density at radius 2 is 2.05 bits per heavy atom. The van der Waals surface area contributed by atoms with Crippen molar-refractivity contribution >= 4 is 30.0 Å². The molecule has 0 unspecified atom stereocenters. The van der Waals surface area contributed by atoms with Crippen LogP contribution in [0.1, 0.15) is 23.2 Å². The second-order valence-electron chi connectivity index (χ2n) is 4.47. The summed E-state index contributed by atoms with van der Waals surface area (Å²) in [5, 5.41) is 0.261. The summed E-state index contributed by atoms with van der Waals surface area (Å²) in [6.07, 6.45) is 0. The highest BCUT2D eigenvalue weighted by Gasteiger charge is 2.21. The highest BCUT2D eigenvalue weighted by atomic mass is 35.5. The molecule has 0 aliphatic rings. The number of rotatable bonds is 5. The molecule has 0 saturated heterocycles. The van der Waals surface area contributed by atoms with Crippen LogP contribution in [0, 0.1) is 0 Å². The molecule has 0 saturated carbocycles. The van der Waals surface area contributed by atoms with Gasteiger partial charge in [-0.2, -0.15) is 12.6 Å². The van der Waals surface area contributed by atoms with E-state index in [1.165, 1.54) is 0 Å². The predicted octanol–water partition coefficient (Wildman–Crippen LogP) is 3.72. The van der Waals surface area contributed by atoms with E-state index in [1.54, 1.807) is 18.6 Å². The molecule has 0 fully saturated rings. The summed E-state index contributed by atoms with van der Waals surface area (Å²) in [4.78, 5) is 16.4. The van der Waals surface area contributed by atoms with E-state index >= 15 is 0 Å². The van der Waals surface area contributed by atoms with Crippen molar-refractivity contribution in [3.05, 3.63) is 53.1 Å². The van der Waals surface area contributed by atoms with Gasteiger partial charge in [0.25, 0.3) is 0 Å². The van der Waals surface area contributed by atoms with Gasteiger partial charge < -0.3 is 4.74 Å². The van der Waals surface area contributed by atoms with Crippen molar-refractivity contribution in [1.29, 1.82) is 0 Å². The number of carbonyl (C=O) groups excluding carboxylic acids is 1. The maximum absolute atomic E-state index is 12.1. The van der Waals surface area contributed by atoms with Crippen molar-refractivity contribution < 1.29 is 9.53 Å². The number of aromatic nitrogens is 2. The Balaban J connectivity index is 2.56. The van der Waals surface area contributed by atoms with Crippen molar-refractivity contribution in [1.82, 2.24) is 9.55 Å². The fraction of sp³-hybridized carbons (Fsp3) is 0.200. The predicted molar refractivity (Wildman–Crippen MR) is 87.0 cm³/mol. The molecular formula is C15H15ClN2O2S. The van der Waals surface area contributed by atoms with Gasteiger partial charge in [0.2, 0.25) is 5.78 Å². The number of Topliss-reactive ketones (excluding diaryl/α,β-unsaturated/α-hetero) is 1. The van der Waals surface area contributed by atoms with Crippen molar-refractivity contribution in [2.45, 2.75) is 12.7 Å². The van der Waals surface area contributed by atoms with Crippen molar-refractivity contribution in [2.24, 2.45) is 0 Å². The largest absolute Gasteiger partial charge is 0.497 e. The first-order valence-corrected chi connectivity index (χ1v) is 7.23. The van der Waals surface area contributed by atoms with Crippen LogP contribution in [-0.2, 0) is 5.75 Å². The zero-order valence-corrected chi connectivity index (χ0v) is 13.4. The van der Waals surface area contributed by atoms with Crippen molar-refractivity contribution in [3.8, 4) is 11.4 Å². The van der Waals surface area contributed by atoms with E-state index in [1.807, 2.05) is 24.3 Å². The molecule has 0 aliphatic carbocycles. The number of nitrogens with zero attached hydrogens (tertiary/aromatic N) is 2. The molecule has 4 nitrogen and oxygen atoms in total. The molecule has 0 aliphatic heterocycles. The third kappa shape index (κ3) is 2.99. The first kappa shape index (κ1) is 15.7. The monoisotopic (exact) mass is 322 g/mol. The van der Waals surface area contributed by atoms with Crippen LogP contribution in [-0.4, -0.2) is 22.4 Å². The SMILES string of the molecule is C=C(C)C(=O)c1nc(CS)n(-c2ccc(OC)cc2)c1Cl. The maximum atomic E-state index is 12.1. The average molecular weight is 323 g/mol. The Bertz CT molecular complexity index is 692. The minimum atomic E-state index is -0.268. The molecule has 0 N–H and O–H groups in total. The Hall–Kier alpha value is -1.72. The zero-order chi connectivity index (χ0) is 15.6. The number of thiol groups is 1. The normalized spacial score (nSPS) is 10.5. The lowest BCUT2D eigenvalue weighted by Crippen LogP contribution is -2.01. The van der Waals surface area contributed by atoms with E-state index in [9.17, 15) is 4.79 Å². The minimum Gasteiger partial charge on any atom is -0.497 e. The van der Waals surface area contributed by atoms with Gasteiger partial charge in [-0.1, -0.05) is 18.2 Å². The number of allylic oxidation sites excluding steroid dienone is 1. The summed E-state index contributed by atoms with van der Waals surface area (Å²) in [6, 6.07) is 7.31. The van der Waals surface area contributed by atoms with E-state index in [4.69, 9.17) is 16.3 Å². The van der Waals surface area contributed by atoms with Gasteiger partial charge in [0, 0.05) is 11.4 Å². The number of hydrogen-bond donors (Lipinski definition) is 1. The molecule has 2 rings (SSSR count). The van der Waals surface area contributed by atoms with Crippen LogP contribution in [0.3, 0.4) is 0 Å². The number of imidazole rings is 1. The zero-order valence-electron chi connectivity index (χ0n) is 11.8. The van der Waals surface area contributed by atoms with Crippen LogP contribution in [0.2, 0.25) is 5.15 Å². The van der Waals surface area contributed by atoms with Crippen LogP contribution < -0.4 is 4.74 Å². The number of hydrogen-bond acceptors (Lipinski definition) is 4. The third-order valence-corrected chi connectivity index (χ3v) is 3.60. The maximum Gasteiger partial charge on any atom is 0.209 e. The van der Waals surface area contributed by atoms with Crippen LogP contribution in [0.5, 0.6) is 5.75 Å². The van der Waals surface area contributed by atoms with Gasteiger partial charge in [-0.25, -0.2) is 4.98 Å². The summed E-state index contributed by atoms with van der Waals surface area (Å²) < 4.78 is 6.83. The molecule has 1 heterocycles. The van der Waals surface area contributed by atoms with Crippen LogP contribution in [0.4, 0.5) is 0 Å². The first-order valence-electron chi connectivity index (χ1n) is 6.22. The standard InChI is InChI=1S/C15H15ClN2O2S/c1-9(2)14(19)13-15(16)18(12(8-21)17-13)10-4-6-11(20-3)7-5-10/h4-7,21H,1,8H2,2-3H3. The molecule has 21 heavy (non-hydrogen) atoms. The van der Waals surface area contributed by atoms with Gasteiger partial charge in [0.15, 0.2) is 0 Å². The molecule has 1 aromatic carbocycles. The Morgan fingerprint density at radius 1 is 1.43 bits per heavy atom. The second-order valence-corrected chi connectivity index (χ2v) is 5.14. The average Bonchev–Trinajstić information content (AvgIpc) is 2.83. The molecule has 0 radical (unpaired) electrons. The highest BCUT2D eigenvalue weighted by molar-refractivity contribution is 7.79. The van der Waals surface area contributed by atoms with Crippen LogP contribution in [0.15, 0.2) is 36.4 Å². The molecule has 0 spiro atoms. The summed E-state index contributed by atoms with van der Waals surface area (Å²) in [6.45, 7) is 5.27. The van der Waals surface area contributed by atoms with E-state index in [0.717, 1.165) is 11.4 Å². The third-order valence-electron chi connectivity index (χ3n) is 2.97. The Kier molecular flexibility index (Phi) is 4.75. The van der Waals surface area contributed by atoms with E-state index in [0.29, 0.717) is 17.2 Å². The Morgan fingerprint density at radius 3 is 2.52 bits per heavy atom. The van der Waals surface area contributed by atoms with E-state index < -0.39 is 0 Å². The smallest absolute Gasteiger partial charge is 0.209 e. The lowest BCUT2D eigenvalue weighted by Gasteiger charge is -2.08. The summed E-state index contributed by atoms with van der Waals surface area (Å²) in [5.41, 5.74) is 1.38. The second kappa shape index (κ2) is 6.37. The molecule has 1 aromatic heterocycles. The molecule has 0 atom stereocenters. The number of benzene rings is 1. The van der Waals surface area contributed by atoms with Crippen molar-refractivity contribution in [2.75, 3.05) is 7.11 Å². The summed E-state index contributed by atoms with van der Waals surface area (Å²) in [7, 11) is 1.60. The highest BCUT2D eigenvalue weighted by Crippen LogP contribution is 2.27. The molecule has 6 heteroatoms. The van der Waals surface area contributed by atoms with Crippen LogP contribution in [0.25, 0.3) is 5.69 Å². The topological polar surface area (TPSA) is 44.1 Å². The molecular weight excluding hydrogens is 308 g/mol. The van der Waals surface area contributed by atoms with Gasteiger partial charge in [0.1, 0.15) is 22.4 Å². The number of ketones is 1. The van der Waals surface area contributed by atoms with Gasteiger partial charge in [0.05, 0.1) is 7.11 Å². The number of methoxy groups -OCH3 is 1. The van der Waals surface area contributed by atoms with Gasteiger partial charge in [-0.3, -0.25) is 9.36 Å². The molecule has 0 amide bonds. The fourth-order valence-electron chi connectivity index (χ4n) is 1.89. The number of carbonyl (C=O) groups is 1. The van der Waals surface area contributed by atoms with E-state index in [2.05, 4.69) is 24.2 Å². The van der Waals surface area contributed by atoms with Crippen molar-refractivity contribution in [3.63, 3.8) is 0 Å². The first-order chi connectivity index (χ1) is 9.99. The lowest BCUT2D eigenvalue weighted by molar-refractivity contribution is 0.103. The summed E-state index contributed by atoms with van der Waals surface area (Å²) in [5.74, 6) is 1.42. The molecule has 0 bridgehead atoms. The molecule has 2 aromatic rings. The summed E-state index contributed by atoms with van der Waals surface area (Å²) >= 11 is 10.6. The number of halogens is 1. The van der Waals surface area contributed by atoms with Gasteiger partial charge in [-0.05, 0) is 36.8 Å². The lowest BCUT2D eigenvalue weighted by atomic mass is 10.2.